The van der Waals surface area contributed by atoms with Gasteiger partial charge in [-0.3, -0.25) is 19.7 Å². The van der Waals surface area contributed by atoms with E-state index in [4.69, 9.17) is 55.9 Å². The molecule has 154 valence electrons. The zero-order valence-electron chi connectivity index (χ0n) is 14.8. The maximum Gasteiger partial charge on any atom is 0.269 e. The Balaban J connectivity index is 1.87. The van der Waals surface area contributed by atoms with Gasteiger partial charge in [-0.1, -0.05) is 23.2 Å². The largest absolute Gasteiger partial charge is 0.350 e. The van der Waals surface area contributed by atoms with Crippen LogP contribution in [-0.2, 0) is 19.1 Å². The monoisotopic (exact) mass is 480 g/mol. The number of carbonyl (C=O) groups excluding carboxylic acids is 2. The molecule has 0 spiro atoms. The number of hydrogen-bond acceptors (Lipinski definition) is 6. The third-order valence-corrected chi connectivity index (χ3v) is 8.46. The predicted molar refractivity (Wildman–Crippen MR) is 105 cm³/mol. The maximum atomic E-state index is 13.3. The zero-order valence-corrected chi connectivity index (χ0v) is 17.8. The molecular weight excluding hydrogens is 470 g/mol. The molecule has 8 nitrogen and oxygen atoms in total. The third kappa shape index (κ3) is 2.05. The summed E-state index contributed by atoms with van der Waals surface area (Å²) in [5.74, 6) is -5.68. The molecule has 4 rings (SSSR count). The van der Waals surface area contributed by atoms with Gasteiger partial charge in [0.2, 0.25) is 17.6 Å². The lowest BCUT2D eigenvalue weighted by Crippen LogP contribution is -2.60. The highest BCUT2D eigenvalue weighted by Gasteiger charge is 2.89. The molecule has 1 saturated heterocycles. The highest BCUT2D eigenvalue weighted by Crippen LogP contribution is 2.75. The van der Waals surface area contributed by atoms with Gasteiger partial charge in [-0.15, -0.1) is 23.2 Å². The Bertz CT molecular complexity index is 948. The number of nitrogens with zero attached hydrogens (tertiary/aromatic N) is 2. The second kappa shape index (κ2) is 6.29. The summed E-state index contributed by atoms with van der Waals surface area (Å²) in [7, 11) is 2.53. The number of nitro benzene ring substituents is 1. The smallest absolute Gasteiger partial charge is 0.269 e. The molecular formula is C17H12Cl4N2O6. The van der Waals surface area contributed by atoms with Crippen LogP contribution in [0.25, 0.3) is 0 Å². The van der Waals surface area contributed by atoms with Gasteiger partial charge in [-0.05, 0) is 12.1 Å². The van der Waals surface area contributed by atoms with Gasteiger partial charge < -0.3 is 9.47 Å². The number of methoxy groups -OCH3 is 2. The first kappa shape index (κ1) is 20.8. The first-order chi connectivity index (χ1) is 13.5. The minimum Gasteiger partial charge on any atom is -0.350 e. The summed E-state index contributed by atoms with van der Waals surface area (Å²) in [5.41, 5.74) is -0.0612. The molecule has 0 radical (unpaired) electrons. The molecule has 3 aliphatic rings. The highest BCUT2D eigenvalue weighted by atomic mass is 35.5. The topological polar surface area (TPSA) is 99.0 Å². The lowest BCUT2D eigenvalue weighted by Gasteiger charge is -2.42. The predicted octanol–water partition coefficient (Wildman–Crippen LogP) is 3.36. The molecule has 0 aromatic heterocycles. The van der Waals surface area contributed by atoms with Crippen molar-refractivity contribution in [3.8, 4) is 0 Å². The zero-order chi connectivity index (χ0) is 21.5. The molecule has 0 N–H and O–H groups in total. The number of rotatable bonds is 4. The van der Waals surface area contributed by atoms with Gasteiger partial charge in [0.25, 0.3) is 5.69 Å². The van der Waals surface area contributed by atoms with Crippen molar-refractivity contribution in [2.45, 2.75) is 15.5 Å². The van der Waals surface area contributed by atoms with Crippen molar-refractivity contribution < 1.29 is 24.0 Å². The molecule has 2 fully saturated rings. The van der Waals surface area contributed by atoms with Crippen molar-refractivity contribution in [2.75, 3.05) is 19.1 Å². The van der Waals surface area contributed by atoms with Crippen molar-refractivity contribution in [3.05, 3.63) is 44.4 Å². The molecule has 4 atom stereocenters. The number of fused-ring (bicyclic) bond motifs is 5. The van der Waals surface area contributed by atoms with Crippen molar-refractivity contribution >= 4 is 69.6 Å². The van der Waals surface area contributed by atoms with Crippen LogP contribution in [0.5, 0.6) is 0 Å². The number of benzene rings is 1. The maximum absolute atomic E-state index is 13.3. The van der Waals surface area contributed by atoms with Crippen LogP contribution in [0, 0.1) is 22.0 Å². The second-order valence-electron chi connectivity index (χ2n) is 6.82. The van der Waals surface area contributed by atoms with E-state index in [0.717, 1.165) is 4.90 Å². The molecule has 1 aromatic rings. The van der Waals surface area contributed by atoms with E-state index in [1.165, 1.54) is 38.5 Å². The fourth-order valence-corrected chi connectivity index (χ4v) is 6.84. The van der Waals surface area contributed by atoms with Crippen LogP contribution in [-0.4, -0.2) is 46.5 Å². The van der Waals surface area contributed by atoms with Gasteiger partial charge >= 0.3 is 0 Å². The van der Waals surface area contributed by atoms with Crippen LogP contribution < -0.4 is 4.90 Å². The van der Waals surface area contributed by atoms with Crippen LogP contribution in [0.4, 0.5) is 11.4 Å². The number of halogens is 4. The van der Waals surface area contributed by atoms with Gasteiger partial charge in [-0.2, -0.15) is 0 Å². The molecule has 3 unspecified atom stereocenters. The third-order valence-electron chi connectivity index (χ3n) is 5.85. The van der Waals surface area contributed by atoms with E-state index in [9.17, 15) is 19.7 Å². The van der Waals surface area contributed by atoms with E-state index >= 15 is 0 Å². The summed E-state index contributed by atoms with van der Waals surface area (Å²) >= 11 is 26.4. The fraction of sp³-hybridized carbons (Fsp3) is 0.412. The molecule has 1 aliphatic heterocycles. The Morgan fingerprint density at radius 3 is 1.72 bits per heavy atom. The van der Waals surface area contributed by atoms with Crippen molar-refractivity contribution in [1.29, 1.82) is 0 Å². The SMILES string of the molecule is COC1(OC)C2(Cl)C(Cl)=C(Cl)C1(Cl)[C@@H]1C(=O)N(c3ccc([N+](=O)[O-])cc3)C(=O)C12. The normalized spacial score (nSPS) is 34.9. The minimum absolute atomic E-state index is 0.132. The Labute approximate surface area is 184 Å². The van der Waals surface area contributed by atoms with Crippen LogP contribution in [0.15, 0.2) is 34.3 Å². The lowest BCUT2D eigenvalue weighted by molar-refractivity contribution is -0.384. The molecule has 1 aromatic carbocycles. The van der Waals surface area contributed by atoms with Gasteiger partial charge in [0, 0.05) is 26.4 Å². The number of non-ortho nitro benzene ring substituents is 1. The van der Waals surface area contributed by atoms with E-state index in [1.54, 1.807) is 0 Å². The number of nitro groups is 1. The van der Waals surface area contributed by atoms with E-state index in [-0.39, 0.29) is 21.4 Å². The lowest BCUT2D eigenvalue weighted by atomic mass is 9.84. The molecule has 1 heterocycles. The van der Waals surface area contributed by atoms with Gasteiger partial charge in [0.15, 0.2) is 0 Å². The first-order valence-electron chi connectivity index (χ1n) is 8.21. The van der Waals surface area contributed by atoms with Crippen molar-refractivity contribution in [1.82, 2.24) is 0 Å². The number of hydrogen-bond donors (Lipinski definition) is 0. The molecule has 2 amide bonds. The Kier molecular flexibility index (Phi) is 4.52. The Morgan fingerprint density at radius 1 is 0.966 bits per heavy atom. The average molecular weight is 482 g/mol. The quantitative estimate of drug-likeness (QED) is 0.215. The molecule has 2 aliphatic carbocycles. The average Bonchev–Trinajstić information content (AvgIpc) is 3.12. The summed E-state index contributed by atoms with van der Waals surface area (Å²) in [6.07, 6.45) is 0. The summed E-state index contributed by atoms with van der Waals surface area (Å²) in [6.45, 7) is 0. The molecule has 1 saturated carbocycles. The van der Waals surface area contributed by atoms with Crippen LogP contribution in [0.1, 0.15) is 0 Å². The number of alkyl halides is 2. The number of imide groups is 1. The minimum atomic E-state index is -1.86. The van der Waals surface area contributed by atoms with Crippen LogP contribution >= 0.6 is 46.4 Å². The van der Waals surface area contributed by atoms with E-state index in [2.05, 4.69) is 0 Å². The number of anilines is 1. The fourth-order valence-electron chi connectivity index (χ4n) is 4.68. The highest BCUT2D eigenvalue weighted by molar-refractivity contribution is 6.54. The molecule has 29 heavy (non-hydrogen) atoms. The van der Waals surface area contributed by atoms with Gasteiger partial charge in [0.1, 0.15) is 9.75 Å². The standard InChI is InChI=1S/C17H12Cl4N2O6/c1-28-17(29-2)15(20)9-10(16(17,21)12(19)11(15)18)14(25)22(13(9)24)7-3-5-8(6-4-7)23(26)27/h3-6,9-10H,1-2H3/t9-,10?,15?,16?/m0/s1. The second-order valence-corrected chi connectivity index (χ2v) is 8.77. The van der Waals surface area contributed by atoms with Gasteiger partial charge in [-0.25, -0.2) is 4.90 Å². The first-order valence-corrected chi connectivity index (χ1v) is 9.72. The van der Waals surface area contributed by atoms with Crippen LogP contribution in [0.2, 0.25) is 0 Å². The summed E-state index contributed by atoms with van der Waals surface area (Å²) < 4.78 is 11.0. The number of amides is 2. The van der Waals surface area contributed by atoms with E-state index in [0.29, 0.717) is 0 Å². The van der Waals surface area contributed by atoms with E-state index < -0.39 is 44.1 Å². The van der Waals surface area contributed by atoms with Gasteiger partial charge in [0.05, 0.1) is 32.5 Å². The van der Waals surface area contributed by atoms with Crippen molar-refractivity contribution in [2.24, 2.45) is 11.8 Å². The Hall–Kier alpha value is -1.42. The summed E-state index contributed by atoms with van der Waals surface area (Å²) in [5, 5.41) is 10.6. The number of ether oxygens (including phenoxy) is 2. The Morgan fingerprint density at radius 2 is 1.38 bits per heavy atom. The van der Waals surface area contributed by atoms with E-state index in [1.807, 2.05) is 0 Å². The number of carbonyl (C=O) groups is 2. The molecule has 12 heteroatoms. The summed E-state index contributed by atoms with van der Waals surface area (Å²) in [4.78, 5) is 34.1. The summed E-state index contributed by atoms with van der Waals surface area (Å²) in [6, 6.07) is 4.93. The van der Waals surface area contributed by atoms with Crippen molar-refractivity contribution in [3.63, 3.8) is 0 Å². The van der Waals surface area contributed by atoms with Crippen LogP contribution in [0.3, 0.4) is 0 Å². The molecule has 2 bridgehead atoms.